The third-order valence-electron chi connectivity index (χ3n) is 2.06. The summed E-state index contributed by atoms with van der Waals surface area (Å²) in [5.41, 5.74) is 1.64. The summed E-state index contributed by atoms with van der Waals surface area (Å²) in [5.74, 6) is -0.0177. The second-order valence-corrected chi connectivity index (χ2v) is 3.23. The highest BCUT2D eigenvalue weighted by Gasteiger charge is 2.09. The quantitative estimate of drug-likeness (QED) is 0.758. The largest absolute Gasteiger partial charge is 0.387 e. The molecular formula is C10H17N3O. The predicted molar refractivity (Wildman–Crippen MR) is 57.6 cm³/mol. The average molecular weight is 195 g/mol. The van der Waals surface area contributed by atoms with E-state index in [0.717, 1.165) is 18.7 Å². The molecule has 78 valence electrons. The second-order valence-electron chi connectivity index (χ2n) is 3.23. The summed E-state index contributed by atoms with van der Waals surface area (Å²) in [6, 6.07) is 1.84. The Balaban J connectivity index is 2.73. The number of rotatable bonds is 4. The van der Waals surface area contributed by atoms with Crippen molar-refractivity contribution in [1.82, 2.24) is 9.88 Å². The van der Waals surface area contributed by atoms with E-state index in [1.54, 1.807) is 0 Å². The summed E-state index contributed by atoms with van der Waals surface area (Å²) in [6.45, 7) is 2.75. The third-order valence-corrected chi connectivity index (χ3v) is 2.06. The maximum absolute atomic E-state index is 11.6. The summed E-state index contributed by atoms with van der Waals surface area (Å²) in [4.78, 5) is 11.6. The molecule has 0 saturated carbocycles. The highest BCUT2D eigenvalue weighted by Crippen LogP contribution is 2.11. The number of nitrogens with one attached hydrogen (secondary N) is 2. The molecule has 0 aliphatic carbocycles. The summed E-state index contributed by atoms with van der Waals surface area (Å²) < 4.78 is 1.82. The Labute approximate surface area is 84.3 Å². The molecule has 0 aromatic carbocycles. The van der Waals surface area contributed by atoms with Crippen LogP contribution in [0.15, 0.2) is 12.3 Å². The number of nitrogens with zero attached hydrogens (tertiary/aromatic N) is 1. The number of aromatic nitrogens is 1. The van der Waals surface area contributed by atoms with Gasteiger partial charge in [0.15, 0.2) is 0 Å². The number of carbonyl (C=O) groups excluding carboxylic acids is 1. The lowest BCUT2D eigenvalue weighted by atomic mass is 10.3. The van der Waals surface area contributed by atoms with E-state index in [2.05, 4.69) is 10.6 Å². The standard InChI is InChI=1S/C10H17N3O/c1-4-5-12-10(14)9-6-8(11-2)7-13(9)3/h6-7,11H,4-5H2,1-3H3,(H,12,14). The van der Waals surface area contributed by atoms with Crippen LogP contribution in [0.1, 0.15) is 23.8 Å². The van der Waals surface area contributed by atoms with E-state index in [9.17, 15) is 4.79 Å². The summed E-state index contributed by atoms with van der Waals surface area (Å²) in [7, 11) is 3.70. The van der Waals surface area contributed by atoms with Gasteiger partial charge >= 0.3 is 0 Å². The molecule has 0 saturated heterocycles. The van der Waals surface area contributed by atoms with E-state index in [0.29, 0.717) is 5.69 Å². The first kappa shape index (κ1) is 10.6. The predicted octanol–water partition coefficient (Wildman–Crippen LogP) is 1.21. The molecule has 0 atom stereocenters. The molecular weight excluding hydrogens is 178 g/mol. The highest BCUT2D eigenvalue weighted by molar-refractivity contribution is 5.93. The van der Waals surface area contributed by atoms with Crippen molar-refractivity contribution in [3.63, 3.8) is 0 Å². The van der Waals surface area contributed by atoms with Crippen LogP contribution >= 0.6 is 0 Å². The van der Waals surface area contributed by atoms with Crippen molar-refractivity contribution in [1.29, 1.82) is 0 Å². The fourth-order valence-electron chi connectivity index (χ4n) is 1.26. The Morgan fingerprint density at radius 1 is 1.57 bits per heavy atom. The number of anilines is 1. The van der Waals surface area contributed by atoms with Gasteiger partial charge < -0.3 is 15.2 Å². The topological polar surface area (TPSA) is 46.1 Å². The molecule has 1 rings (SSSR count). The van der Waals surface area contributed by atoms with Gasteiger partial charge in [-0.1, -0.05) is 6.92 Å². The Bertz CT molecular complexity index is 317. The molecule has 0 unspecified atom stereocenters. The molecule has 1 aromatic heterocycles. The molecule has 0 spiro atoms. The van der Waals surface area contributed by atoms with Gasteiger partial charge in [0.2, 0.25) is 0 Å². The van der Waals surface area contributed by atoms with Crippen molar-refractivity contribution < 1.29 is 4.79 Å². The van der Waals surface area contributed by atoms with Crippen LogP contribution in [0.4, 0.5) is 5.69 Å². The van der Waals surface area contributed by atoms with Crippen LogP contribution in [0.2, 0.25) is 0 Å². The minimum Gasteiger partial charge on any atom is -0.387 e. The van der Waals surface area contributed by atoms with Gasteiger partial charge in [0.05, 0.1) is 5.69 Å². The number of aryl methyl sites for hydroxylation is 1. The zero-order valence-corrected chi connectivity index (χ0v) is 8.92. The van der Waals surface area contributed by atoms with Crippen molar-refractivity contribution >= 4 is 11.6 Å². The summed E-state index contributed by atoms with van der Waals surface area (Å²) >= 11 is 0. The van der Waals surface area contributed by atoms with Crippen LogP contribution in [0.5, 0.6) is 0 Å². The molecule has 0 aliphatic heterocycles. The third kappa shape index (κ3) is 2.28. The second kappa shape index (κ2) is 4.69. The molecule has 14 heavy (non-hydrogen) atoms. The molecule has 4 heteroatoms. The smallest absolute Gasteiger partial charge is 0.267 e. The SMILES string of the molecule is CCCNC(=O)c1cc(NC)cn1C. The van der Waals surface area contributed by atoms with Crippen LogP contribution in [0.25, 0.3) is 0 Å². The first-order valence-electron chi connectivity index (χ1n) is 4.81. The monoisotopic (exact) mass is 195 g/mol. The van der Waals surface area contributed by atoms with Gasteiger partial charge in [-0.2, -0.15) is 0 Å². The number of carbonyl (C=O) groups is 1. The van der Waals surface area contributed by atoms with E-state index in [1.165, 1.54) is 0 Å². The van der Waals surface area contributed by atoms with Gasteiger partial charge in [-0.05, 0) is 12.5 Å². The van der Waals surface area contributed by atoms with E-state index >= 15 is 0 Å². The van der Waals surface area contributed by atoms with Crippen LogP contribution in [0.3, 0.4) is 0 Å². The average Bonchev–Trinajstić information content (AvgIpc) is 2.56. The van der Waals surface area contributed by atoms with E-state index in [-0.39, 0.29) is 5.91 Å². The van der Waals surface area contributed by atoms with Gasteiger partial charge in [0, 0.05) is 26.8 Å². The van der Waals surface area contributed by atoms with Crippen molar-refractivity contribution in [3.8, 4) is 0 Å². The lowest BCUT2D eigenvalue weighted by Crippen LogP contribution is -2.25. The number of hydrogen-bond donors (Lipinski definition) is 2. The zero-order chi connectivity index (χ0) is 10.6. The lowest BCUT2D eigenvalue weighted by molar-refractivity contribution is 0.0945. The zero-order valence-electron chi connectivity index (χ0n) is 8.92. The number of hydrogen-bond acceptors (Lipinski definition) is 2. The molecule has 0 aliphatic rings. The molecule has 1 heterocycles. The van der Waals surface area contributed by atoms with Crippen molar-refractivity contribution in [2.75, 3.05) is 18.9 Å². The van der Waals surface area contributed by atoms with Crippen LogP contribution in [0, 0.1) is 0 Å². The summed E-state index contributed by atoms with van der Waals surface area (Å²) in [6.07, 6.45) is 2.84. The lowest BCUT2D eigenvalue weighted by Gasteiger charge is -2.03. The maximum atomic E-state index is 11.6. The van der Waals surface area contributed by atoms with Gasteiger partial charge in [-0.25, -0.2) is 0 Å². The molecule has 1 aromatic rings. The fraction of sp³-hybridized carbons (Fsp3) is 0.500. The Kier molecular flexibility index (Phi) is 3.56. The van der Waals surface area contributed by atoms with Crippen molar-refractivity contribution in [2.45, 2.75) is 13.3 Å². The summed E-state index contributed by atoms with van der Waals surface area (Å²) in [5, 5.41) is 5.84. The molecule has 0 radical (unpaired) electrons. The molecule has 0 bridgehead atoms. The normalized spacial score (nSPS) is 9.93. The van der Waals surface area contributed by atoms with E-state index < -0.39 is 0 Å². The first-order valence-corrected chi connectivity index (χ1v) is 4.81. The molecule has 1 amide bonds. The maximum Gasteiger partial charge on any atom is 0.267 e. The Morgan fingerprint density at radius 3 is 2.79 bits per heavy atom. The molecule has 4 nitrogen and oxygen atoms in total. The van der Waals surface area contributed by atoms with Crippen LogP contribution in [-0.4, -0.2) is 24.1 Å². The Morgan fingerprint density at radius 2 is 2.29 bits per heavy atom. The van der Waals surface area contributed by atoms with Crippen molar-refractivity contribution in [2.24, 2.45) is 7.05 Å². The minimum atomic E-state index is -0.0177. The van der Waals surface area contributed by atoms with Crippen LogP contribution < -0.4 is 10.6 Å². The Hall–Kier alpha value is -1.45. The molecule has 0 fully saturated rings. The van der Waals surface area contributed by atoms with Gasteiger partial charge in [0.1, 0.15) is 5.69 Å². The highest BCUT2D eigenvalue weighted by atomic mass is 16.1. The van der Waals surface area contributed by atoms with Gasteiger partial charge in [-0.15, -0.1) is 0 Å². The first-order chi connectivity index (χ1) is 6.69. The fourth-order valence-corrected chi connectivity index (χ4v) is 1.26. The van der Waals surface area contributed by atoms with Crippen LogP contribution in [-0.2, 0) is 7.05 Å². The number of amides is 1. The van der Waals surface area contributed by atoms with E-state index in [4.69, 9.17) is 0 Å². The van der Waals surface area contributed by atoms with Gasteiger partial charge in [0.25, 0.3) is 5.91 Å². The minimum absolute atomic E-state index is 0.0177. The van der Waals surface area contributed by atoms with Crippen molar-refractivity contribution in [3.05, 3.63) is 18.0 Å². The molecule has 2 N–H and O–H groups in total. The van der Waals surface area contributed by atoms with E-state index in [1.807, 2.05) is 37.8 Å². The van der Waals surface area contributed by atoms with Gasteiger partial charge in [-0.3, -0.25) is 4.79 Å².